The molecule has 0 saturated heterocycles. The molecule has 0 N–H and O–H groups in total. The SMILES string of the molecule is [Al].[Al].[Al].[CH+]=c1c(=[CH+])c(=[CH-])c(=[CH-])c(=[CH-])c1=[CH+].[HH].[HH].[HH]. The fourth-order valence-electron chi connectivity index (χ4n) is 0.871. The van der Waals surface area contributed by atoms with Crippen LogP contribution in [0, 0.1) is 0 Å². The van der Waals surface area contributed by atoms with Crippen molar-refractivity contribution in [2.24, 2.45) is 0 Å². The lowest BCUT2D eigenvalue weighted by Gasteiger charge is -1.99. The molecule has 0 saturated carbocycles. The van der Waals surface area contributed by atoms with Crippen LogP contribution in [0.5, 0.6) is 0 Å². The molecule has 0 atom stereocenters. The highest BCUT2D eigenvalue weighted by atomic mass is 27.0. The van der Waals surface area contributed by atoms with Crippen LogP contribution in [0.15, 0.2) is 0 Å². The highest BCUT2D eigenvalue weighted by Gasteiger charge is 1.86. The van der Waals surface area contributed by atoms with E-state index in [4.69, 9.17) is 39.5 Å². The Labute approximate surface area is 127 Å². The van der Waals surface area contributed by atoms with Crippen molar-refractivity contribution >= 4 is 91.6 Å². The number of hydrogen-bond donors (Lipinski definition) is 0. The zero-order valence-corrected chi connectivity index (χ0v) is 11.7. The molecule has 69 valence electrons. The van der Waals surface area contributed by atoms with Crippen LogP contribution < -0.4 is 31.3 Å². The lowest BCUT2D eigenvalue weighted by molar-refractivity contribution is 1.34. The van der Waals surface area contributed by atoms with Crippen LogP contribution in [-0.4, -0.2) is 52.1 Å². The summed E-state index contributed by atoms with van der Waals surface area (Å²) in [6, 6.07) is 0. The standard InChI is InChI=1S/C12H6.3Al.3H2/c1-7-8(2)10(4)12(6)11(5)9(7)3;;;;;;/h1-6H;;;;3*1H. The van der Waals surface area contributed by atoms with E-state index in [1.54, 1.807) is 0 Å². The molecule has 1 aromatic rings. The summed E-state index contributed by atoms with van der Waals surface area (Å²) >= 11 is 0. The van der Waals surface area contributed by atoms with Gasteiger partial charge in [-0.2, -0.15) is 0 Å². The highest BCUT2D eigenvalue weighted by molar-refractivity contribution is 5.76. The molecule has 0 spiro atoms. The zero-order chi connectivity index (χ0) is 9.46. The third-order valence-corrected chi connectivity index (χ3v) is 1.74. The summed E-state index contributed by atoms with van der Waals surface area (Å²) in [6.45, 7) is 32.9. The van der Waals surface area contributed by atoms with Gasteiger partial charge in [-0.3, -0.25) is 13.2 Å². The van der Waals surface area contributed by atoms with Crippen molar-refractivity contribution in [1.82, 2.24) is 0 Å². The average Bonchev–Trinajstić information content (AvgIpc) is 2.08. The Morgan fingerprint density at radius 2 is 0.867 bits per heavy atom. The van der Waals surface area contributed by atoms with Crippen molar-refractivity contribution in [2.45, 2.75) is 0 Å². The van der Waals surface area contributed by atoms with E-state index < -0.39 is 0 Å². The molecule has 0 bridgehead atoms. The van der Waals surface area contributed by atoms with Gasteiger partial charge >= 0.3 is 0 Å². The van der Waals surface area contributed by atoms with Crippen molar-refractivity contribution in [2.75, 3.05) is 0 Å². The predicted octanol–water partition coefficient (Wildman–Crippen LogP) is -2.99. The molecular weight excluding hydrogens is 225 g/mol. The van der Waals surface area contributed by atoms with Crippen LogP contribution in [-0.2, 0) is 0 Å². The molecule has 0 unspecified atom stereocenters. The highest BCUT2D eigenvalue weighted by Crippen LogP contribution is 1.31. The fourth-order valence-corrected chi connectivity index (χ4v) is 0.871. The molecule has 15 heavy (non-hydrogen) atoms. The Kier molecular flexibility index (Phi) is 9.58. The maximum Gasteiger partial charge on any atom is 0.101 e. The van der Waals surface area contributed by atoms with E-state index in [1.807, 2.05) is 0 Å². The maximum atomic E-state index is 5.49. The van der Waals surface area contributed by atoms with Gasteiger partial charge in [0, 0.05) is 62.9 Å². The number of benzene rings is 1. The second-order valence-corrected chi connectivity index (χ2v) is 2.48. The summed E-state index contributed by atoms with van der Waals surface area (Å²) in [5.41, 5.74) is 0. The van der Waals surface area contributed by atoms with Crippen LogP contribution >= 0.6 is 0 Å². The minimum absolute atomic E-state index is 0. The van der Waals surface area contributed by atoms with Crippen molar-refractivity contribution in [3.05, 3.63) is 31.3 Å². The summed E-state index contributed by atoms with van der Waals surface area (Å²) < 4.78 is 0. The smallest absolute Gasteiger partial charge is 0.101 e. The Morgan fingerprint density at radius 1 is 0.600 bits per heavy atom. The fraction of sp³-hybridized carbons (Fsp3) is 0. The van der Waals surface area contributed by atoms with Gasteiger partial charge in [0.1, 0.15) is 5.22 Å². The summed E-state index contributed by atoms with van der Waals surface area (Å²) in [7, 11) is 0. The van der Waals surface area contributed by atoms with Crippen molar-refractivity contribution in [1.29, 1.82) is 0 Å². The Morgan fingerprint density at radius 3 is 1.13 bits per heavy atom. The molecule has 0 aliphatic carbocycles. The molecular formula is C12H12Al3. The molecule has 9 radical (unpaired) electrons. The van der Waals surface area contributed by atoms with Gasteiger partial charge in [-0.15, -0.1) is 6.58 Å². The van der Waals surface area contributed by atoms with E-state index in [0.29, 0.717) is 0 Å². The predicted molar refractivity (Wildman–Crippen MR) is 74.6 cm³/mol. The molecule has 0 aliphatic heterocycles. The average molecular weight is 237 g/mol. The molecule has 0 fully saturated rings. The quantitative estimate of drug-likeness (QED) is 0.333. The summed E-state index contributed by atoms with van der Waals surface area (Å²) in [6.07, 6.45) is 0. The first kappa shape index (κ1) is 20.2. The first-order valence-electron chi connectivity index (χ1n) is 3.23. The molecule has 0 aromatic heterocycles. The maximum absolute atomic E-state index is 5.49. The third kappa shape index (κ3) is 3.37. The zero-order valence-electron chi connectivity index (χ0n) is 8.20. The van der Waals surface area contributed by atoms with Crippen LogP contribution in [0.4, 0.5) is 0 Å². The van der Waals surface area contributed by atoms with E-state index in [-0.39, 0.29) is 87.7 Å². The third-order valence-electron chi connectivity index (χ3n) is 1.74. The topological polar surface area (TPSA) is 0 Å². The van der Waals surface area contributed by atoms with Gasteiger partial charge in [0.05, 0.1) is 5.22 Å². The van der Waals surface area contributed by atoms with Gasteiger partial charge in [-0.05, 0) is 5.22 Å². The number of hydrogen-bond acceptors (Lipinski definition) is 0. The summed E-state index contributed by atoms with van der Waals surface area (Å²) in [4.78, 5) is 0. The lowest BCUT2D eigenvalue weighted by atomic mass is 10.1. The molecule has 1 rings (SSSR count). The second-order valence-electron chi connectivity index (χ2n) is 2.48. The molecule has 0 amide bonds. The first-order chi connectivity index (χ1) is 5.46. The monoisotopic (exact) mass is 237 g/mol. The first-order valence-corrected chi connectivity index (χ1v) is 3.23. The van der Waals surface area contributed by atoms with Crippen molar-refractivity contribution in [3.63, 3.8) is 0 Å². The largest absolute Gasteiger partial charge is 0.281 e. The lowest BCUT2D eigenvalue weighted by Crippen LogP contribution is -2.62. The van der Waals surface area contributed by atoms with E-state index in [2.05, 4.69) is 0 Å². The number of rotatable bonds is 0. The minimum Gasteiger partial charge on any atom is -0.281 e. The van der Waals surface area contributed by atoms with E-state index in [0.717, 1.165) is 0 Å². The van der Waals surface area contributed by atoms with E-state index in [1.165, 1.54) is 0 Å². The van der Waals surface area contributed by atoms with Gasteiger partial charge in [-0.25, -0.2) is 10.4 Å². The van der Waals surface area contributed by atoms with Crippen molar-refractivity contribution < 1.29 is 4.28 Å². The van der Waals surface area contributed by atoms with Gasteiger partial charge in [0.2, 0.25) is 0 Å². The van der Waals surface area contributed by atoms with Crippen LogP contribution in [0.3, 0.4) is 0 Å². The van der Waals surface area contributed by atoms with E-state index >= 15 is 0 Å². The molecule has 3 heteroatoms. The van der Waals surface area contributed by atoms with Crippen LogP contribution in [0.1, 0.15) is 4.28 Å². The molecule has 0 nitrogen and oxygen atoms in total. The van der Waals surface area contributed by atoms with Gasteiger partial charge in [0.25, 0.3) is 0 Å². The van der Waals surface area contributed by atoms with Crippen molar-refractivity contribution in [3.8, 4) is 0 Å². The van der Waals surface area contributed by atoms with Gasteiger partial charge in [0.15, 0.2) is 0 Å². The van der Waals surface area contributed by atoms with Crippen LogP contribution in [0.25, 0.3) is 39.5 Å². The molecule has 0 aliphatic rings. The Bertz CT molecular complexity index is 443. The summed E-state index contributed by atoms with van der Waals surface area (Å²) in [5, 5.41) is 1.08. The normalized spacial score (nSPS) is 7.80. The van der Waals surface area contributed by atoms with Crippen LogP contribution in [0.2, 0.25) is 0 Å². The van der Waals surface area contributed by atoms with Gasteiger partial charge < -0.3 is 0 Å². The Balaban J connectivity index is -0.0000000600. The second kappa shape index (κ2) is 7.11. The molecule has 0 heterocycles. The Hall–Kier alpha value is -0.233. The summed E-state index contributed by atoms with van der Waals surface area (Å²) in [5.74, 6) is 0. The minimum atomic E-state index is 0. The molecule has 1 aromatic carbocycles. The van der Waals surface area contributed by atoms with Gasteiger partial charge in [-0.1, -0.05) is 18.4 Å². The van der Waals surface area contributed by atoms with E-state index in [9.17, 15) is 0 Å².